The molecule has 4 nitrogen and oxygen atoms in total. The highest BCUT2D eigenvalue weighted by atomic mass is 16.5. The number of carbonyl (C=O) groups is 2. The summed E-state index contributed by atoms with van der Waals surface area (Å²) in [4.78, 5) is 25.6. The zero-order chi connectivity index (χ0) is 24.7. The number of hydrogen-bond acceptors (Lipinski definition) is 4. The number of allylic oxidation sites excluding steroid dienone is 4. The van der Waals surface area contributed by atoms with Gasteiger partial charge in [0.25, 0.3) is 0 Å². The molecule has 182 valence electrons. The first-order chi connectivity index (χ1) is 14.6. The summed E-state index contributed by atoms with van der Waals surface area (Å²) in [7, 11) is 0. The molecule has 0 amide bonds. The predicted octanol–water partition coefficient (Wildman–Crippen LogP) is 7.20. The molecule has 1 rings (SSSR count). The molecule has 0 spiro atoms. The quantitative estimate of drug-likeness (QED) is 0.263. The topological polar surface area (TPSA) is 52.6 Å². The van der Waals surface area contributed by atoms with Crippen LogP contribution >= 0.6 is 0 Å². The molecule has 4 heteroatoms. The summed E-state index contributed by atoms with van der Waals surface area (Å²) in [5, 5.41) is 0. The van der Waals surface area contributed by atoms with Crippen molar-refractivity contribution in [3.8, 4) is 0 Å². The monoisotopic (exact) mass is 446 g/mol. The van der Waals surface area contributed by atoms with E-state index < -0.39 is 5.97 Å². The van der Waals surface area contributed by atoms with Crippen molar-refractivity contribution in [2.45, 2.75) is 94.9 Å². The lowest BCUT2D eigenvalue weighted by Gasteiger charge is -2.32. The minimum atomic E-state index is -0.396. The molecule has 0 aromatic carbocycles. The molecule has 0 fully saturated rings. The molecule has 32 heavy (non-hydrogen) atoms. The lowest BCUT2D eigenvalue weighted by molar-refractivity contribution is -0.143. The van der Waals surface area contributed by atoms with Gasteiger partial charge >= 0.3 is 11.9 Å². The zero-order valence-electron chi connectivity index (χ0n) is 22.2. The van der Waals surface area contributed by atoms with E-state index in [1.54, 1.807) is 0 Å². The Morgan fingerprint density at radius 3 is 1.91 bits per heavy atom. The van der Waals surface area contributed by atoms with Gasteiger partial charge in [0.2, 0.25) is 0 Å². The summed E-state index contributed by atoms with van der Waals surface area (Å²) in [6.45, 7) is 22.0. The van der Waals surface area contributed by atoms with Gasteiger partial charge in [-0.3, -0.25) is 0 Å². The molecule has 1 aliphatic carbocycles. The fraction of sp³-hybridized carbons (Fsp3) is 0.714. The van der Waals surface area contributed by atoms with Gasteiger partial charge in [-0.15, -0.1) is 0 Å². The SMILES string of the molecule is C/C(=C\CCC(C)(C)C1=CCC(C(=O)OCC(C)C)=C(C(=O)OCC(C)C)C1)C(C)(C)C. The number of ether oxygens (including phenoxy) is 2. The van der Waals surface area contributed by atoms with Crippen molar-refractivity contribution >= 4 is 11.9 Å². The third kappa shape index (κ3) is 8.96. The van der Waals surface area contributed by atoms with Crippen LogP contribution in [0.25, 0.3) is 0 Å². The average Bonchev–Trinajstić information content (AvgIpc) is 2.68. The van der Waals surface area contributed by atoms with E-state index in [0.29, 0.717) is 37.2 Å². The molecule has 0 unspecified atom stereocenters. The third-order valence-electron chi connectivity index (χ3n) is 6.14. The van der Waals surface area contributed by atoms with Crippen LogP contribution in [-0.4, -0.2) is 25.2 Å². The second-order valence-electron chi connectivity index (χ2n) is 11.6. The van der Waals surface area contributed by atoms with Crippen LogP contribution < -0.4 is 0 Å². The Balaban J connectivity index is 3.04. The van der Waals surface area contributed by atoms with E-state index in [2.05, 4.69) is 53.7 Å². The summed E-state index contributed by atoms with van der Waals surface area (Å²) in [6, 6.07) is 0. The maximum Gasteiger partial charge on any atom is 0.334 e. The van der Waals surface area contributed by atoms with E-state index in [0.717, 1.165) is 12.8 Å². The minimum Gasteiger partial charge on any atom is -0.462 e. The maximum atomic E-state index is 12.9. The highest BCUT2D eigenvalue weighted by molar-refractivity contribution is 6.01. The van der Waals surface area contributed by atoms with Gasteiger partial charge in [0, 0.05) is 6.42 Å². The van der Waals surface area contributed by atoms with Crippen molar-refractivity contribution in [2.75, 3.05) is 13.2 Å². The van der Waals surface area contributed by atoms with Crippen molar-refractivity contribution in [2.24, 2.45) is 22.7 Å². The number of esters is 2. The Morgan fingerprint density at radius 1 is 0.938 bits per heavy atom. The van der Waals surface area contributed by atoms with E-state index in [-0.39, 0.29) is 28.6 Å². The Hall–Kier alpha value is -1.84. The first kappa shape index (κ1) is 28.2. The normalized spacial score (nSPS) is 15.9. The molecule has 0 bridgehead atoms. The molecular weight excluding hydrogens is 400 g/mol. The van der Waals surface area contributed by atoms with Crippen molar-refractivity contribution < 1.29 is 19.1 Å². The third-order valence-corrected chi connectivity index (χ3v) is 6.14. The van der Waals surface area contributed by atoms with Crippen molar-refractivity contribution in [3.05, 3.63) is 34.4 Å². The van der Waals surface area contributed by atoms with Gasteiger partial charge in [0.05, 0.1) is 24.4 Å². The lowest BCUT2D eigenvalue weighted by atomic mass is 9.73. The lowest BCUT2D eigenvalue weighted by Crippen LogP contribution is -2.25. The molecule has 0 saturated heterocycles. The van der Waals surface area contributed by atoms with Crippen LogP contribution in [0.2, 0.25) is 0 Å². The second kappa shape index (κ2) is 11.9. The summed E-state index contributed by atoms with van der Waals surface area (Å²) in [5.41, 5.74) is 3.59. The molecule has 0 radical (unpaired) electrons. The fourth-order valence-electron chi connectivity index (χ4n) is 3.41. The Kier molecular flexibility index (Phi) is 10.4. The summed E-state index contributed by atoms with van der Waals surface area (Å²) < 4.78 is 11.0. The van der Waals surface area contributed by atoms with Gasteiger partial charge < -0.3 is 9.47 Å². The Morgan fingerprint density at radius 2 is 1.44 bits per heavy atom. The molecular formula is C28H46O4. The Bertz CT molecular complexity index is 755. The van der Waals surface area contributed by atoms with Crippen LogP contribution in [0.5, 0.6) is 0 Å². The molecule has 0 atom stereocenters. The maximum absolute atomic E-state index is 12.9. The number of carbonyl (C=O) groups excluding carboxylic acids is 2. The van der Waals surface area contributed by atoms with Gasteiger partial charge in [0.15, 0.2) is 0 Å². The van der Waals surface area contributed by atoms with Crippen LogP contribution in [0.15, 0.2) is 34.4 Å². The second-order valence-corrected chi connectivity index (χ2v) is 11.6. The van der Waals surface area contributed by atoms with Crippen LogP contribution in [0.1, 0.15) is 94.9 Å². The van der Waals surface area contributed by atoms with E-state index in [1.165, 1.54) is 11.1 Å². The van der Waals surface area contributed by atoms with Crippen molar-refractivity contribution in [3.63, 3.8) is 0 Å². The average molecular weight is 447 g/mol. The molecule has 0 aromatic rings. The van der Waals surface area contributed by atoms with Crippen LogP contribution in [0.3, 0.4) is 0 Å². The van der Waals surface area contributed by atoms with E-state index in [4.69, 9.17) is 9.47 Å². The molecule has 0 aliphatic heterocycles. The predicted molar refractivity (Wildman–Crippen MR) is 132 cm³/mol. The number of hydrogen-bond donors (Lipinski definition) is 0. The standard InChI is InChI=1S/C28H46O4/c1-19(2)17-31-25(29)23-14-13-22(16-24(23)26(30)32-18-20(3)4)28(9,10)15-11-12-21(5)27(6,7)8/h12-13,19-20H,11,14-18H2,1-10H3/b21-12+. The number of rotatable bonds is 10. The summed E-state index contributed by atoms with van der Waals surface area (Å²) in [5.74, 6) is -0.301. The van der Waals surface area contributed by atoms with Crippen LogP contribution in [0, 0.1) is 22.7 Å². The van der Waals surface area contributed by atoms with E-state index in [9.17, 15) is 9.59 Å². The summed E-state index contributed by atoms with van der Waals surface area (Å²) >= 11 is 0. The zero-order valence-corrected chi connectivity index (χ0v) is 22.2. The van der Waals surface area contributed by atoms with Crippen molar-refractivity contribution in [1.29, 1.82) is 0 Å². The van der Waals surface area contributed by atoms with Crippen LogP contribution in [0.4, 0.5) is 0 Å². The molecule has 1 aliphatic rings. The molecule has 0 heterocycles. The van der Waals surface area contributed by atoms with E-state index in [1.807, 2.05) is 27.7 Å². The first-order valence-electron chi connectivity index (χ1n) is 12.1. The molecule has 0 N–H and O–H groups in total. The highest BCUT2D eigenvalue weighted by Crippen LogP contribution is 2.40. The van der Waals surface area contributed by atoms with Gasteiger partial charge in [-0.05, 0) is 48.9 Å². The first-order valence-corrected chi connectivity index (χ1v) is 12.1. The van der Waals surface area contributed by atoms with Gasteiger partial charge in [0.1, 0.15) is 0 Å². The molecule has 0 aromatic heterocycles. The smallest absolute Gasteiger partial charge is 0.334 e. The minimum absolute atomic E-state index is 0.0778. The van der Waals surface area contributed by atoms with Crippen LogP contribution in [-0.2, 0) is 19.1 Å². The van der Waals surface area contributed by atoms with Gasteiger partial charge in [-0.25, -0.2) is 9.59 Å². The Labute approximate surface area is 196 Å². The van der Waals surface area contributed by atoms with Gasteiger partial charge in [-0.1, -0.05) is 85.6 Å². The highest BCUT2D eigenvalue weighted by Gasteiger charge is 2.32. The largest absolute Gasteiger partial charge is 0.462 e. The molecule has 0 saturated carbocycles. The van der Waals surface area contributed by atoms with E-state index >= 15 is 0 Å². The fourth-order valence-corrected chi connectivity index (χ4v) is 3.41. The summed E-state index contributed by atoms with van der Waals surface area (Å²) in [6.07, 6.45) is 7.26. The van der Waals surface area contributed by atoms with Crippen molar-refractivity contribution in [1.82, 2.24) is 0 Å². The van der Waals surface area contributed by atoms with Gasteiger partial charge in [-0.2, -0.15) is 0 Å².